The highest BCUT2D eigenvalue weighted by Gasteiger charge is 2.38. The van der Waals surface area contributed by atoms with Crippen molar-refractivity contribution < 1.29 is 9.53 Å². The number of hydrogen-bond acceptors (Lipinski definition) is 3. The summed E-state index contributed by atoms with van der Waals surface area (Å²) in [6.45, 7) is 13.0. The third-order valence-corrected chi connectivity index (χ3v) is 3.39. The van der Waals surface area contributed by atoms with Gasteiger partial charge >= 0.3 is 5.97 Å². The fourth-order valence-corrected chi connectivity index (χ4v) is 2.86. The number of hydrogen-bond donors (Lipinski definition) is 1. The zero-order valence-corrected chi connectivity index (χ0v) is 12.9. The van der Waals surface area contributed by atoms with E-state index in [2.05, 4.69) is 24.4 Å². The van der Waals surface area contributed by atoms with Gasteiger partial charge in [-0.25, -0.2) is 4.79 Å². The number of aryl methyl sites for hydroxylation is 3. The Hall–Kier alpha value is -1.35. The highest BCUT2D eigenvalue weighted by atomic mass is 16.5. The van der Waals surface area contributed by atoms with Crippen LogP contribution in [0.2, 0.25) is 0 Å². The van der Waals surface area contributed by atoms with Gasteiger partial charge in [0.15, 0.2) is 0 Å². The van der Waals surface area contributed by atoms with E-state index in [4.69, 9.17) is 4.74 Å². The Morgan fingerprint density at radius 1 is 1.21 bits per heavy atom. The normalized spacial score (nSPS) is 14.0. The van der Waals surface area contributed by atoms with Gasteiger partial charge in [-0.05, 0) is 57.9 Å². The number of carbonyl (C=O) groups excluding carboxylic acids is 1. The van der Waals surface area contributed by atoms with Crippen LogP contribution in [0.1, 0.15) is 43.0 Å². The molecule has 0 saturated carbocycles. The fraction of sp³-hybridized carbons (Fsp3) is 0.562. The van der Waals surface area contributed by atoms with Gasteiger partial charge in [0, 0.05) is 0 Å². The molecule has 0 fully saturated rings. The summed E-state index contributed by atoms with van der Waals surface area (Å²) in [6.07, 6.45) is 0. The smallest absolute Gasteiger partial charge is 0.330 e. The summed E-state index contributed by atoms with van der Waals surface area (Å²) >= 11 is 0. The summed E-state index contributed by atoms with van der Waals surface area (Å²) in [5, 5.41) is 3.29. The maximum absolute atomic E-state index is 12.4. The van der Waals surface area contributed by atoms with Crippen LogP contribution in [-0.4, -0.2) is 19.1 Å². The SMILES string of the molecule is CCNC(C)(C(=O)OCC)c1c(C)cc(C)cc1C. The van der Waals surface area contributed by atoms with Crippen LogP contribution in [0.25, 0.3) is 0 Å². The molecule has 0 radical (unpaired) electrons. The zero-order chi connectivity index (χ0) is 14.6. The van der Waals surface area contributed by atoms with Crippen molar-refractivity contribution in [1.29, 1.82) is 0 Å². The minimum atomic E-state index is -0.785. The minimum absolute atomic E-state index is 0.216. The lowest BCUT2D eigenvalue weighted by Crippen LogP contribution is -2.48. The summed E-state index contributed by atoms with van der Waals surface area (Å²) in [4.78, 5) is 12.4. The van der Waals surface area contributed by atoms with Gasteiger partial charge in [0.2, 0.25) is 0 Å². The van der Waals surface area contributed by atoms with E-state index in [1.165, 1.54) is 5.56 Å². The third-order valence-electron chi connectivity index (χ3n) is 3.39. The molecule has 0 aromatic heterocycles. The van der Waals surface area contributed by atoms with Crippen molar-refractivity contribution in [2.45, 2.75) is 47.1 Å². The lowest BCUT2D eigenvalue weighted by Gasteiger charge is -2.31. The first-order chi connectivity index (χ1) is 8.86. The average molecular weight is 263 g/mol. The molecule has 1 rings (SSSR count). The quantitative estimate of drug-likeness (QED) is 0.830. The maximum Gasteiger partial charge on any atom is 0.330 e. The van der Waals surface area contributed by atoms with E-state index in [9.17, 15) is 4.79 Å². The van der Waals surface area contributed by atoms with E-state index in [0.29, 0.717) is 13.2 Å². The number of benzene rings is 1. The molecule has 1 unspecified atom stereocenters. The van der Waals surface area contributed by atoms with E-state index in [1.54, 1.807) is 0 Å². The highest BCUT2D eigenvalue weighted by Crippen LogP contribution is 2.30. The van der Waals surface area contributed by atoms with Crippen molar-refractivity contribution in [3.8, 4) is 0 Å². The van der Waals surface area contributed by atoms with Crippen molar-refractivity contribution in [3.05, 3.63) is 34.4 Å². The van der Waals surface area contributed by atoms with E-state index in [1.807, 2.05) is 34.6 Å². The van der Waals surface area contributed by atoms with Crippen molar-refractivity contribution in [1.82, 2.24) is 5.32 Å². The summed E-state index contributed by atoms with van der Waals surface area (Å²) in [5.41, 5.74) is 3.69. The molecule has 106 valence electrons. The molecule has 0 heterocycles. The first kappa shape index (κ1) is 15.7. The van der Waals surface area contributed by atoms with Crippen molar-refractivity contribution in [2.75, 3.05) is 13.2 Å². The van der Waals surface area contributed by atoms with Crippen molar-refractivity contribution in [3.63, 3.8) is 0 Å². The van der Waals surface area contributed by atoms with Crippen LogP contribution in [-0.2, 0) is 15.1 Å². The second kappa shape index (κ2) is 6.20. The number of esters is 1. The molecule has 0 aliphatic rings. The zero-order valence-electron chi connectivity index (χ0n) is 12.9. The van der Waals surface area contributed by atoms with Gasteiger partial charge in [-0.3, -0.25) is 5.32 Å². The Labute approximate surface area is 116 Å². The molecule has 0 bridgehead atoms. The molecule has 0 spiro atoms. The maximum atomic E-state index is 12.4. The third kappa shape index (κ3) is 3.16. The first-order valence-electron chi connectivity index (χ1n) is 6.87. The number of carbonyl (C=O) groups is 1. The molecular formula is C16H25NO2. The summed E-state index contributed by atoms with van der Waals surface area (Å²) in [6, 6.07) is 4.22. The number of ether oxygens (including phenoxy) is 1. The molecule has 0 saturated heterocycles. The Kier molecular flexibility index (Phi) is 5.12. The fourth-order valence-electron chi connectivity index (χ4n) is 2.86. The molecule has 0 amide bonds. The number of nitrogens with one attached hydrogen (secondary N) is 1. The second-order valence-corrected chi connectivity index (χ2v) is 5.15. The molecule has 1 atom stereocenters. The molecule has 0 aliphatic heterocycles. The van der Waals surface area contributed by atoms with E-state index < -0.39 is 5.54 Å². The van der Waals surface area contributed by atoms with Crippen LogP contribution >= 0.6 is 0 Å². The molecule has 3 nitrogen and oxygen atoms in total. The summed E-state index contributed by atoms with van der Waals surface area (Å²) in [5.74, 6) is -0.216. The lowest BCUT2D eigenvalue weighted by molar-refractivity contribution is -0.151. The van der Waals surface area contributed by atoms with E-state index in [-0.39, 0.29) is 5.97 Å². The molecule has 0 aliphatic carbocycles. The van der Waals surface area contributed by atoms with Crippen LogP contribution in [0.4, 0.5) is 0 Å². The number of likely N-dealkylation sites (N-methyl/N-ethyl adjacent to an activating group) is 1. The topological polar surface area (TPSA) is 38.3 Å². The predicted molar refractivity (Wildman–Crippen MR) is 78.3 cm³/mol. The Morgan fingerprint density at radius 3 is 2.16 bits per heavy atom. The van der Waals surface area contributed by atoms with Gasteiger partial charge in [-0.15, -0.1) is 0 Å². The molecular weight excluding hydrogens is 238 g/mol. The van der Waals surface area contributed by atoms with Gasteiger partial charge in [0.1, 0.15) is 5.54 Å². The Bertz CT molecular complexity index is 445. The monoisotopic (exact) mass is 263 g/mol. The van der Waals surface area contributed by atoms with Gasteiger partial charge in [-0.2, -0.15) is 0 Å². The second-order valence-electron chi connectivity index (χ2n) is 5.15. The standard InChI is InChI=1S/C16H25NO2/c1-7-17-16(6,15(18)19-8-2)14-12(4)9-11(3)10-13(14)5/h9-10,17H,7-8H2,1-6H3. The minimum Gasteiger partial charge on any atom is -0.464 e. The highest BCUT2D eigenvalue weighted by molar-refractivity contribution is 5.83. The molecule has 1 aromatic carbocycles. The van der Waals surface area contributed by atoms with Crippen molar-refractivity contribution in [2.24, 2.45) is 0 Å². The largest absolute Gasteiger partial charge is 0.464 e. The molecule has 1 aromatic rings. The Balaban J connectivity index is 3.38. The van der Waals surface area contributed by atoms with Gasteiger partial charge in [0.25, 0.3) is 0 Å². The summed E-state index contributed by atoms with van der Waals surface area (Å²) in [7, 11) is 0. The van der Waals surface area contributed by atoms with Gasteiger partial charge in [-0.1, -0.05) is 24.6 Å². The van der Waals surface area contributed by atoms with Gasteiger partial charge < -0.3 is 4.74 Å². The molecule has 1 N–H and O–H groups in total. The number of rotatable bonds is 5. The summed E-state index contributed by atoms with van der Waals surface area (Å²) < 4.78 is 5.25. The lowest BCUT2D eigenvalue weighted by atomic mass is 9.84. The predicted octanol–water partition coefficient (Wildman–Crippen LogP) is 3.00. The molecule has 19 heavy (non-hydrogen) atoms. The van der Waals surface area contributed by atoms with Crippen LogP contribution in [0.5, 0.6) is 0 Å². The van der Waals surface area contributed by atoms with Crippen LogP contribution in [0, 0.1) is 20.8 Å². The van der Waals surface area contributed by atoms with E-state index in [0.717, 1.165) is 16.7 Å². The van der Waals surface area contributed by atoms with E-state index >= 15 is 0 Å². The average Bonchev–Trinajstić information content (AvgIpc) is 2.27. The first-order valence-corrected chi connectivity index (χ1v) is 6.87. The van der Waals surface area contributed by atoms with Crippen LogP contribution < -0.4 is 5.32 Å². The molecule has 3 heteroatoms. The van der Waals surface area contributed by atoms with Crippen LogP contribution in [0.15, 0.2) is 12.1 Å². The van der Waals surface area contributed by atoms with Crippen molar-refractivity contribution >= 4 is 5.97 Å². The van der Waals surface area contributed by atoms with Crippen LogP contribution in [0.3, 0.4) is 0 Å². The van der Waals surface area contributed by atoms with Gasteiger partial charge in [0.05, 0.1) is 6.61 Å². The Morgan fingerprint density at radius 2 is 1.74 bits per heavy atom.